The van der Waals surface area contributed by atoms with Gasteiger partial charge in [0.05, 0.1) is 26.5 Å². The van der Waals surface area contributed by atoms with E-state index >= 15 is 0 Å². The molecule has 4 nitrogen and oxygen atoms in total. The smallest absolute Gasteiger partial charge is 0.234 e. The Labute approximate surface area is 155 Å². The van der Waals surface area contributed by atoms with Gasteiger partial charge in [0.25, 0.3) is 0 Å². The number of nitrogens with zero attached hydrogens (tertiary/aromatic N) is 2. The number of thiophene rings is 1. The zero-order valence-corrected chi connectivity index (χ0v) is 15.2. The van der Waals surface area contributed by atoms with E-state index in [4.69, 9.17) is 34.8 Å². The Morgan fingerprint density at radius 1 is 1.17 bits per heavy atom. The van der Waals surface area contributed by atoms with Gasteiger partial charge < -0.3 is 5.32 Å². The Bertz CT molecular complexity index is 885. The van der Waals surface area contributed by atoms with E-state index in [1.165, 1.54) is 41.6 Å². The summed E-state index contributed by atoms with van der Waals surface area (Å²) in [6.45, 7) is 0. The highest BCUT2D eigenvalue weighted by molar-refractivity contribution is 8.00. The molecule has 1 N–H and O–H groups in total. The van der Waals surface area contributed by atoms with E-state index in [1.807, 2.05) is 11.4 Å². The van der Waals surface area contributed by atoms with Crippen LogP contribution in [0.2, 0.25) is 15.1 Å². The molecule has 0 bridgehead atoms. The average molecular weight is 405 g/mol. The molecule has 0 aliphatic heterocycles. The van der Waals surface area contributed by atoms with Crippen LogP contribution in [-0.2, 0) is 4.79 Å². The number of benzene rings is 1. The minimum Gasteiger partial charge on any atom is -0.324 e. The molecule has 0 saturated carbocycles. The molecule has 2 aromatic heterocycles. The molecular weight excluding hydrogens is 397 g/mol. The van der Waals surface area contributed by atoms with Gasteiger partial charge >= 0.3 is 0 Å². The third-order valence-corrected chi connectivity index (χ3v) is 5.71. The molecular formula is C14H8Cl3N3OS2. The van der Waals surface area contributed by atoms with Gasteiger partial charge in [0.1, 0.15) is 16.2 Å². The summed E-state index contributed by atoms with van der Waals surface area (Å²) in [7, 11) is 0. The molecule has 0 aliphatic rings. The number of carbonyl (C=O) groups is 1. The lowest BCUT2D eigenvalue weighted by atomic mass is 10.3. The van der Waals surface area contributed by atoms with E-state index in [-0.39, 0.29) is 11.7 Å². The number of nitrogens with one attached hydrogen (secondary N) is 1. The number of aromatic nitrogens is 2. The van der Waals surface area contributed by atoms with Crippen LogP contribution >= 0.6 is 57.9 Å². The number of anilines is 1. The van der Waals surface area contributed by atoms with Crippen LogP contribution in [0.15, 0.2) is 34.9 Å². The van der Waals surface area contributed by atoms with Crippen molar-refractivity contribution >= 4 is 79.7 Å². The van der Waals surface area contributed by atoms with Gasteiger partial charge in [0.2, 0.25) is 5.91 Å². The zero-order valence-electron chi connectivity index (χ0n) is 11.3. The predicted molar refractivity (Wildman–Crippen MR) is 98.2 cm³/mol. The van der Waals surface area contributed by atoms with Gasteiger partial charge in [0.15, 0.2) is 0 Å². The first-order chi connectivity index (χ1) is 11.0. The van der Waals surface area contributed by atoms with Gasteiger partial charge in [-0.05, 0) is 23.6 Å². The summed E-state index contributed by atoms with van der Waals surface area (Å²) in [5.41, 5.74) is 0.426. The topological polar surface area (TPSA) is 54.9 Å². The maximum absolute atomic E-state index is 12.1. The fourth-order valence-electron chi connectivity index (χ4n) is 1.82. The standard InChI is InChI=1S/C14H8Cl3N3OS2/c15-8-3-10(17)11(4-9(8)16)20-12(21)5-23-14-7-1-2-22-13(7)18-6-19-14/h1-4,6H,5H2,(H,20,21). The average Bonchev–Trinajstić information content (AvgIpc) is 2.99. The van der Waals surface area contributed by atoms with Gasteiger partial charge in [-0.25, -0.2) is 9.97 Å². The Morgan fingerprint density at radius 2 is 1.96 bits per heavy atom. The fourth-order valence-corrected chi connectivity index (χ4v) is 3.99. The third kappa shape index (κ3) is 3.89. The largest absolute Gasteiger partial charge is 0.324 e. The monoisotopic (exact) mass is 403 g/mol. The van der Waals surface area contributed by atoms with Crippen molar-refractivity contribution in [2.45, 2.75) is 5.03 Å². The van der Waals surface area contributed by atoms with Gasteiger partial charge in [-0.1, -0.05) is 46.6 Å². The van der Waals surface area contributed by atoms with Crippen LogP contribution in [0.3, 0.4) is 0 Å². The summed E-state index contributed by atoms with van der Waals surface area (Å²) >= 11 is 20.7. The van der Waals surface area contributed by atoms with Crippen molar-refractivity contribution in [2.24, 2.45) is 0 Å². The number of amides is 1. The number of carbonyl (C=O) groups excluding carboxylic acids is 1. The van der Waals surface area contributed by atoms with Crippen molar-refractivity contribution in [3.8, 4) is 0 Å². The molecule has 0 fully saturated rings. The van der Waals surface area contributed by atoms with Crippen LogP contribution in [0.4, 0.5) is 5.69 Å². The lowest BCUT2D eigenvalue weighted by Crippen LogP contribution is -2.14. The van der Waals surface area contributed by atoms with Gasteiger partial charge in [0, 0.05) is 5.39 Å². The second-order valence-electron chi connectivity index (χ2n) is 4.40. The van der Waals surface area contributed by atoms with Crippen LogP contribution < -0.4 is 5.32 Å². The van der Waals surface area contributed by atoms with Crippen molar-refractivity contribution in [3.63, 3.8) is 0 Å². The Morgan fingerprint density at radius 3 is 2.78 bits per heavy atom. The highest BCUT2D eigenvalue weighted by Crippen LogP contribution is 2.32. The molecule has 3 rings (SSSR count). The molecule has 0 radical (unpaired) electrons. The fraction of sp³-hybridized carbons (Fsp3) is 0.0714. The highest BCUT2D eigenvalue weighted by atomic mass is 35.5. The lowest BCUT2D eigenvalue weighted by Gasteiger charge is -2.08. The third-order valence-electron chi connectivity index (χ3n) is 2.85. The van der Waals surface area contributed by atoms with E-state index in [0.29, 0.717) is 20.8 Å². The molecule has 0 unspecified atom stereocenters. The van der Waals surface area contributed by atoms with Crippen LogP contribution in [0.1, 0.15) is 0 Å². The van der Waals surface area contributed by atoms with E-state index in [2.05, 4.69) is 15.3 Å². The van der Waals surface area contributed by atoms with E-state index in [9.17, 15) is 4.79 Å². The maximum Gasteiger partial charge on any atom is 0.234 e. The molecule has 1 aromatic carbocycles. The first-order valence-electron chi connectivity index (χ1n) is 6.30. The summed E-state index contributed by atoms with van der Waals surface area (Å²) in [4.78, 5) is 21.4. The molecule has 0 aliphatic carbocycles. The number of halogens is 3. The number of hydrogen-bond acceptors (Lipinski definition) is 5. The zero-order chi connectivity index (χ0) is 16.4. The minimum absolute atomic E-state index is 0.193. The summed E-state index contributed by atoms with van der Waals surface area (Å²) in [6.07, 6.45) is 1.49. The van der Waals surface area contributed by atoms with Gasteiger partial charge in [-0.3, -0.25) is 4.79 Å². The number of fused-ring (bicyclic) bond motifs is 1. The first-order valence-corrected chi connectivity index (χ1v) is 9.30. The van der Waals surface area contributed by atoms with Crippen molar-refractivity contribution in [1.82, 2.24) is 9.97 Å². The van der Waals surface area contributed by atoms with Crippen molar-refractivity contribution < 1.29 is 4.79 Å². The second-order valence-corrected chi connectivity index (χ2v) is 7.48. The number of hydrogen-bond donors (Lipinski definition) is 1. The van der Waals surface area contributed by atoms with Gasteiger partial charge in [-0.2, -0.15) is 0 Å². The summed E-state index contributed by atoms with van der Waals surface area (Å²) in [5, 5.41) is 7.38. The minimum atomic E-state index is -0.211. The van der Waals surface area contributed by atoms with Gasteiger partial charge in [-0.15, -0.1) is 11.3 Å². The first kappa shape index (κ1) is 16.8. The SMILES string of the molecule is O=C(CSc1ncnc2sccc12)Nc1cc(Cl)c(Cl)cc1Cl. The van der Waals surface area contributed by atoms with Crippen LogP contribution in [0.25, 0.3) is 10.2 Å². The number of rotatable bonds is 4. The molecule has 9 heteroatoms. The number of thioether (sulfide) groups is 1. The molecule has 118 valence electrons. The van der Waals surface area contributed by atoms with Crippen LogP contribution in [0, 0.1) is 0 Å². The Balaban J connectivity index is 1.68. The molecule has 0 spiro atoms. The van der Waals surface area contributed by atoms with Crippen molar-refractivity contribution in [3.05, 3.63) is 45.0 Å². The second kappa shape index (κ2) is 7.23. The van der Waals surface area contributed by atoms with Crippen LogP contribution in [-0.4, -0.2) is 21.6 Å². The molecule has 1 amide bonds. The van der Waals surface area contributed by atoms with E-state index in [0.717, 1.165) is 15.2 Å². The summed E-state index contributed by atoms with van der Waals surface area (Å²) in [6, 6.07) is 4.96. The molecule has 0 atom stereocenters. The van der Waals surface area contributed by atoms with Crippen molar-refractivity contribution in [2.75, 3.05) is 11.1 Å². The molecule has 0 saturated heterocycles. The normalized spacial score (nSPS) is 10.9. The van der Waals surface area contributed by atoms with E-state index in [1.54, 1.807) is 0 Å². The molecule has 23 heavy (non-hydrogen) atoms. The quantitative estimate of drug-likeness (QED) is 0.360. The summed E-state index contributed by atoms with van der Waals surface area (Å²) in [5.74, 6) is -0.0179. The molecule has 3 aromatic rings. The highest BCUT2D eigenvalue weighted by Gasteiger charge is 2.12. The van der Waals surface area contributed by atoms with Crippen LogP contribution in [0.5, 0.6) is 0 Å². The van der Waals surface area contributed by atoms with E-state index < -0.39 is 0 Å². The van der Waals surface area contributed by atoms with Crippen molar-refractivity contribution in [1.29, 1.82) is 0 Å². The molecule has 2 heterocycles. The summed E-state index contributed by atoms with van der Waals surface area (Å²) < 4.78 is 0. The Kier molecular flexibility index (Phi) is 5.28. The lowest BCUT2D eigenvalue weighted by molar-refractivity contribution is -0.113. The Hall–Kier alpha value is -1.05. The maximum atomic E-state index is 12.1. The predicted octanol–water partition coefficient (Wildman–Crippen LogP) is 5.38.